The first-order valence-corrected chi connectivity index (χ1v) is 11.9. The molecule has 1 aromatic rings. The first-order chi connectivity index (χ1) is 17.9. The maximum Gasteiger partial charge on any atom is 0.410 e. The van der Waals surface area contributed by atoms with Crippen molar-refractivity contribution in [2.45, 2.75) is 52.4 Å². The van der Waals surface area contributed by atoms with Crippen LogP contribution in [0.4, 0.5) is 16.2 Å². The van der Waals surface area contributed by atoms with Crippen LogP contribution in [0.25, 0.3) is 0 Å². The van der Waals surface area contributed by atoms with Crippen LogP contribution in [0.15, 0.2) is 30.4 Å². The highest BCUT2D eigenvalue weighted by Gasteiger charge is 2.31. The van der Waals surface area contributed by atoms with Crippen LogP contribution in [-0.2, 0) is 35.1 Å². The van der Waals surface area contributed by atoms with Gasteiger partial charge in [0.05, 0.1) is 29.0 Å². The number of rotatable bonds is 12. The van der Waals surface area contributed by atoms with E-state index >= 15 is 0 Å². The maximum absolute atomic E-state index is 12.5. The van der Waals surface area contributed by atoms with E-state index < -0.39 is 64.0 Å². The maximum atomic E-state index is 12.5. The van der Waals surface area contributed by atoms with Crippen molar-refractivity contribution in [3.8, 4) is 0 Å². The van der Waals surface area contributed by atoms with Crippen LogP contribution in [0, 0.1) is 26.1 Å². The number of nitrogens with zero attached hydrogens (tertiary/aromatic N) is 3. The van der Waals surface area contributed by atoms with Gasteiger partial charge in [0.25, 0.3) is 11.4 Å². The molecule has 0 saturated carbocycles. The Kier molecular flexibility index (Phi) is 11.1. The van der Waals surface area contributed by atoms with Crippen molar-refractivity contribution in [1.29, 1.82) is 0 Å². The van der Waals surface area contributed by atoms with Gasteiger partial charge < -0.3 is 23.8 Å². The molecule has 1 heterocycles. The van der Waals surface area contributed by atoms with Gasteiger partial charge in [-0.05, 0) is 39.7 Å². The topological polar surface area (TPSA) is 178 Å². The highest BCUT2D eigenvalue weighted by Crippen LogP contribution is 2.29. The van der Waals surface area contributed by atoms with Gasteiger partial charge >= 0.3 is 18.0 Å². The van der Waals surface area contributed by atoms with Gasteiger partial charge in [0.1, 0.15) is 24.4 Å². The van der Waals surface area contributed by atoms with Crippen LogP contribution in [0.5, 0.6) is 0 Å². The van der Waals surface area contributed by atoms with Gasteiger partial charge in [0, 0.05) is 30.8 Å². The summed E-state index contributed by atoms with van der Waals surface area (Å²) in [6.45, 7) is 8.30. The van der Waals surface area contributed by atoms with Crippen molar-refractivity contribution in [2.75, 3.05) is 26.3 Å². The van der Waals surface area contributed by atoms with E-state index in [1.807, 2.05) is 0 Å². The minimum absolute atomic E-state index is 0.101. The number of hydrogen-bond donors (Lipinski definition) is 0. The molecule has 2 atom stereocenters. The molecule has 0 spiro atoms. The van der Waals surface area contributed by atoms with Crippen LogP contribution in [0.1, 0.15) is 39.2 Å². The average Bonchev–Trinajstić information content (AvgIpc) is 2.86. The van der Waals surface area contributed by atoms with Gasteiger partial charge in [0.15, 0.2) is 0 Å². The van der Waals surface area contributed by atoms with Gasteiger partial charge in [-0.15, -0.1) is 0 Å². The molecule has 2 unspecified atom stereocenters. The van der Waals surface area contributed by atoms with Crippen molar-refractivity contribution < 1.29 is 43.2 Å². The molecule has 0 bridgehead atoms. The predicted molar refractivity (Wildman–Crippen MR) is 131 cm³/mol. The summed E-state index contributed by atoms with van der Waals surface area (Å²) in [5, 5.41) is 22.5. The standard InChI is InChI=1S/C24H31N3O11/c1-15(2)22(28)37-16(3)12-35-13-17(4)38-23(29)18-8-10-25(11-9-18)24(30)36-14-19-20(26(31)32)6-5-7-21(19)27(33)34/h5-7,16-18H,1,8-14H2,2-4H3. The number of benzene rings is 1. The summed E-state index contributed by atoms with van der Waals surface area (Å²) in [4.78, 5) is 58.7. The van der Waals surface area contributed by atoms with Gasteiger partial charge in [0.2, 0.25) is 0 Å². The number of ether oxygens (including phenoxy) is 4. The summed E-state index contributed by atoms with van der Waals surface area (Å²) in [5.41, 5.74) is -1.07. The molecular weight excluding hydrogens is 506 g/mol. The second kappa shape index (κ2) is 14.0. The Labute approximate surface area is 218 Å². The lowest BCUT2D eigenvalue weighted by atomic mass is 9.97. The van der Waals surface area contributed by atoms with E-state index in [4.69, 9.17) is 18.9 Å². The molecule has 1 fully saturated rings. The summed E-state index contributed by atoms with van der Waals surface area (Å²) < 4.78 is 21.1. The quantitative estimate of drug-likeness (QED) is 0.126. The van der Waals surface area contributed by atoms with Crippen LogP contribution in [-0.4, -0.2) is 71.3 Å². The summed E-state index contributed by atoms with van der Waals surface area (Å²) in [7, 11) is 0. The van der Waals surface area contributed by atoms with E-state index in [1.165, 1.54) is 17.9 Å². The average molecular weight is 538 g/mol. The molecule has 0 N–H and O–H groups in total. The molecule has 208 valence electrons. The van der Waals surface area contributed by atoms with E-state index in [-0.39, 0.29) is 37.4 Å². The summed E-state index contributed by atoms with van der Waals surface area (Å²) >= 11 is 0. The number of piperidine rings is 1. The Balaban J connectivity index is 1.77. The fourth-order valence-corrected chi connectivity index (χ4v) is 3.62. The molecule has 1 amide bonds. The molecule has 14 heteroatoms. The first-order valence-electron chi connectivity index (χ1n) is 11.9. The molecule has 14 nitrogen and oxygen atoms in total. The lowest BCUT2D eigenvalue weighted by Gasteiger charge is -2.30. The van der Waals surface area contributed by atoms with E-state index in [2.05, 4.69) is 6.58 Å². The lowest BCUT2D eigenvalue weighted by Crippen LogP contribution is -2.41. The van der Waals surface area contributed by atoms with E-state index in [9.17, 15) is 34.6 Å². The van der Waals surface area contributed by atoms with Gasteiger partial charge in [-0.1, -0.05) is 6.58 Å². The highest BCUT2D eigenvalue weighted by molar-refractivity contribution is 5.87. The van der Waals surface area contributed by atoms with Crippen molar-refractivity contribution in [3.05, 3.63) is 56.1 Å². The number of likely N-dealkylation sites (tertiary alicyclic amines) is 1. The Morgan fingerprint density at radius 3 is 2.05 bits per heavy atom. The first kappa shape index (κ1) is 30.2. The van der Waals surface area contributed by atoms with Crippen LogP contribution >= 0.6 is 0 Å². The number of nitro groups is 2. The molecule has 1 aliphatic heterocycles. The van der Waals surface area contributed by atoms with Gasteiger partial charge in [-0.3, -0.25) is 25.0 Å². The molecule has 1 saturated heterocycles. The molecular formula is C24H31N3O11. The number of hydrogen-bond acceptors (Lipinski definition) is 11. The normalized spacial score (nSPS) is 15.2. The minimum Gasteiger partial charge on any atom is -0.460 e. The summed E-state index contributed by atoms with van der Waals surface area (Å²) in [6.07, 6.45) is -1.23. The fourth-order valence-electron chi connectivity index (χ4n) is 3.62. The monoisotopic (exact) mass is 537 g/mol. The van der Waals surface area contributed by atoms with Crippen molar-refractivity contribution in [3.63, 3.8) is 0 Å². The number of nitro benzene ring substituents is 2. The number of carbonyl (C=O) groups excluding carboxylic acids is 3. The van der Waals surface area contributed by atoms with Crippen molar-refractivity contribution in [2.24, 2.45) is 5.92 Å². The largest absolute Gasteiger partial charge is 0.460 e. The van der Waals surface area contributed by atoms with Crippen LogP contribution in [0.3, 0.4) is 0 Å². The SMILES string of the molecule is C=C(C)C(=O)OC(C)COCC(C)OC(=O)C1CCN(C(=O)OCc2c([N+](=O)[O-])cccc2[N+](=O)[O-])CC1. The third-order valence-electron chi connectivity index (χ3n) is 5.63. The second-order valence-electron chi connectivity index (χ2n) is 8.89. The zero-order valence-corrected chi connectivity index (χ0v) is 21.5. The lowest BCUT2D eigenvalue weighted by molar-refractivity contribution is -0.396. The van der Waals surface area contributed by atoms with Crippen molar-refractivity contribution in [1.82, 2.24) is 4.90 Å². The smallest absolute Gasteiger partial charge is 0.410 e. The summed E-state index contributed by atoms with van der Waals surface area (Å²) in [5.74, 6) is -1.40. The molecule has 0 aromatic heterocycles. The Hall–Kier alpha value is -4.07. The Morgan fingerprint density at radius 1 is 1.03 bits per heavy atom. The minimum atomic E-state index is -0.799. The van der Waals surface area contributed by atoms with E-state index in [1.54, 1.807) is 13.8 Å². The molecule has 2 rings (SSSR count). The van der Waals surface area contributed by atoms with Gasteiger partial charge in [-0.2, -0.15) is 0 Å². The zero-order chi connectivity index (χ0) is 28.4. The second-order valence-corrected chi connectivity index (χ2v) is 8.89. The Morgan fingerprint density at radius 2 is 1.55 bits per heavy atom. The number of amides is 1. The molecule has 0 aliphatic carbocycles. The molecule has 0 radical (unpaired) electrons. The number of carbonyl (C=O) groups is 3. The van der Waals surface area contributed by atoms with Crippen LogP contribution < -0.4 is 0 Å². The highest BCUT2D eigenvalue weighted by atomic mass is 16.6. The Bertz CT molecular complexity index is 1030. The molecule has 1 aliphatic rings. The zero-order valence-electron chi connectivity index (χ0n) is 21.5. The van der Waals surface area contributed by atoms with Gasteiger partial charge in [-0.25, -0.2) is 9.59 Å². The van der Waals surface area contributed by atoms with Crippen LogP contribution in [0.2, 0.25) is 0 Å². The van der Waals surface area contributed by atoms with Crippen molar-refractivity contribution >= 4 is 29.4 Å². The summed E-state index contributed by atoms with van der Waals surface area (Å²) in [6, 6.07) is 3.37. The van der Waals surface area contributed by atoms with E-state index in [0.717, 1.165) is 12.1 Å². The molecule has 38 heavy (non-hydrogen) atoms. The fraction of sp³-hybridized carbons (Fsp3) is 0.542. The third kappa shape index (κ3) is 8.80. The third-order valence-corrected chi connectivity index (χ3v) is 5.63. The predicted octanol–water partition coefficient (Wildman–Crippen LogP) is 3.31. The molecule has 1 aromatic carbocycles. The number of esters is 2. The van der Waals surface area contributed by atoms with E-state index in [0.29, 0.717) is 12.8 Å².